The van der Waals surface area contributed by atoms with Gasteiger partial charge < -0.3 is 9.47 Å². The van der Waals surface area contributed by atoms with Crippen molar-refractivity contribution < 1.29 is 13.9 Å². The fraction of sp³-hybridized carbons (Fsp3) is 0.571. The van der Waals surface area contributed by atoms with Crippen molar-refractivity contribution in [2.75, 3.05) is 14.2 Å². The van der Waals surface area contributed by atoms with Crippen LogP contribution in [0.5, 0.6) is 11.5 Å². The van der Waals surface area contributed by atoms with Crippen LogP contribution < -0.4 is 9.47 Å². The number of hydrogen-bond acceptors (Lipinski definition) is 2. The number of benzene rings is 1. The Bertz CT molecular complexity index is 419. The lowest BCUT2D eigenvalue weighted by Crippen LogP contribution is -2.13. The van der Waals surface area contributed by atoms with E-state index in [1.807, 2.05) is 0 Å². The van der Waals surface area contributed by atoms with Gasteiger partial charge in [-0.25, -0.2) is 4.39 Å². The monoisotopic (exact) mass is 272 g/mol. The molecule has 0 radical (unpaired) electrons. The van der Waals surface area contributed by atoms with Gasteiger partial charge in [-0.15, -0.1) is 11.6 Å². The second-order valence-electron chi connectivity index (χ2n) is 4.73. The summed E-state index contributed by atoms with van der Waals surface area (Å²) in [4.78, 5) is 0. The van der Waals surface area contributed by atoms with E-state index in [2.05, 4.69) is 0 Å². The highest BCUT2D eigenvalue weighted by Gasteiger charge is 2.24. The molecular formula is C14H18ClFO2. The molecule has 0 spiro atoms. The average Bonchev–Trinajstić information content (AvgIpc) is 2.33. The largest absolute Gasteiger partial charge is 0.493 e. The van der Waals surface area contributed by atoms with E-state index in [9.17, 15) is 4.39 Å². The molecule has 0 aromatic heterocycles. The predicted octanol–water partition coefficient (Wildman–Crippen LogP) is 4.31. The lowest BCUT2D eigenvalue weighted by Gasteiger charge is -2.27. The number of ether oxygens (including phenoxy) is 2. The van der Waals surface area contributed by atoms with Gasteiger partial charge in [0, 0.05) is 11.6 Å². The van der Waals surface area contributed by atoms with E-state index >= 15 is 0 Å². The minimum absolute atomic E-state index is 0.296. The number of halogens is 2. The summed E-state index contributed by atoms with van der Waals surface area (Å²) in [5, 5.41) is -0.296. The molecule has 0 N–H and O–H groups in total. The highest BCUT2D eigenvalue weighted by Crippen LogP contribution is 2.41. The highest BCUT2D eigenvalue weighted by atomic mass is 35.5. The van der Waals surface area contributed by atoms with Crippen molar-refractivity contribution >= 4 is 11.6 Å². The summed E-state index contributed by atoms with van der Waals surface area (Å²) in [5.74, 6) is 1.23. The third-order valence-electron chi connectivity index (χ3n) is 3.61. The number of methoxy groups -OCH3 is 2. The molecular weight excluding hydrogens is 255 g/mol. The van der Waals surface area contributed by atoms with E-state index in [4.69, 9.17) is 21.1 Å². The van der Waals surface area contributed by atoms with Crippen molar-refractivity contribution in [2.45, 2.75) is 31.1 Å². The zero-order valence-corrected chi connectivity index (χ0v) is 11.5. The first-order chi connectivity index (χ1) is 8.65. The molecule has 1 aliphatic rings. The summed E-state index contributed by atoms with van der Waals surface area (Å²) in [6.45, 7) is 0. The molecule has 4 heteroatoms. The Morgan fingerprint density at radius 3 is 2.39 bits per heavy atom. The summed E-state index contributed by atoms with van der Waals surface area (Å²) in [5.41, 5.74) is 0.501. The molecule has 18 heavy (non-hydrogen) atoms. The van der Waals surface area contributed by atoms with Gasteiger partial charge in [-0.2, -0.15) is 0 Å². The predicted molar refractivity (Wildman–Crippen MR) is 70.1 cm³/mol. The van der Waals surface area contributed by atoms with Crippen LogP contribution in [0.3, 0.4) is 0 Å². The zero-order chi connectivity index (χ0) is 13.1. The van der Waals surface area contributed by atoms with Crippen molar-refractivity contribution in [3.63, 3.8) is 0 Å². The molecule has 1 atom stereocenters. The van der Waals surface area contributed by atoms with Crippen LogP contribution in [0.2, 0.25) is 0 Å². The third kappa shape index (κ3) is 2.72. The lowest BCUT2D eigenvalue weighted by molar-refractivity contribution is 0.291. The van der Waals surface area contributed by atoms with Crippen LogP contribution in [-0.4, -0.2) is 14.2 Å². The van der Waals surface area contributed by atoms with Crippen molar-refractivity contribution in [3.05, 3.63) is 23.5 Å². The van der Waals surface area contributed by atoms with Gasteiger partial charge in [-0.3, -0.25) is 0 Å². The Morgan fingerprint density at radius 1 is 1.28 bits per heavy atom. The molecule has 0 saturated heterocycles. The quantitative estimate of drug-likeness (QED) is 0.744. The molecule has 1 unspecified atom stereocenters. The molecule has 1 fully saturated rings. The Hall–Kier alpha value is -0.960. The molecule has 100 valence electrons. The van der Waals surface area contributed by atoms with E-state index in [1.54, 1.807) is 6.07 Å². The van der Waals surface area contributed by atoms with E-state index in [0.717, 1.165) is 6.42 Å². The summed E-state index contributed by atoms with van der Waals surface area (Å²) in [6.07, 6.45) is 4.51. The van der Waals surface area contributed by atoms with Crippen LogP contribution in [0.1, 0.15) is 36.6 Å². The Kier molecular flexibility index (Phi) is 4.33. The smallest absolute Gasteiger partial charge is 0.163 e. The minimum Gasteiger partial charge on any atom is -0.493 e. The second-order valence-corrected chi connectivity index (χ2v) is 5.26. The molecule has 0 heterocycles. The van der Waals surface area contributed by atoms with Gasteiger partial charge in [0.05, 0.1) is 19.6 Å². The highest BCUT2D eigenvalue weighted by molar-refractivity contribution is 6.20. The van der Waals surface area contributed by atoms with Crippen LogP contribution in [0.15, 0.2) is 12.1 Å². The second kappa shape index (κ2) is 5.79. The molecule has 1 aromatic carbocycles. The lowest BCUT2D eigenvalue weighted by atomic mass is 9.81. The minimum atomic E-state index is -0.327. The van der Waals surface area contributed by atoms with Crippen LogP contribution in [0.25, 0.3) is 0 Å². The maximum Gasteiger partial charge on any atom is 0.163 e. The molecule has 0 aliphatic heterocycles. The number of rotatable bonds is 5. The van der Waals surface area contributed by atoms with Gasteiger partial charge >= 0.3 is 0 Å². The summed E-state index contributed by atoms with van der Waals surface area (Å²) < 4.78 is 24.2. The van der Waals surface area contributed by atoms with E-state index in [1.165, 1.54) is 39.5 Å². The first kappa shape index (κ1) is 13.5. The number of hydrogen-bond donors (Lipinski definition) is 0. The van der Waals surface area contributed by atoms with Crippen molar-refractivity contribution in [1.29, 1.82) is 0 Å². The standard InChI is InChI=1S/C14H18ClFO2/c1-17-13-7-10(12(16)8-14(13)18-2)11(15)6-9-4-3-5-9/h7-9,11H,3-6H2,1-2H3. The average molecular weight is 273 g/mol. The Labute approximate surface area is 112 Å². The van der Waals surface area contributed by atoms with Gasteiger partial charge in [0.2, 0.25) is 0 Å². The summed E-state index contributed by atoms with van der Waals surface area (Å²) in [7, 11) is 3.03. The van der Waals surface area contributed by atoms with Crippen LogP contribution >= 0.6 is 11.6 Å². The molecule has 1 aliphatic carbocycles. The van der Waals surface area contributed by atoms with Crippen molar-refractivity contribution in [3.8, 4) is 11.5 Å². The topological polar surface area (TPSA) is 18.5 Å². The van der Waals surface area contributed by atoms with Crippen LogP contribution in [0.4, 0.5) is 4.39 Å². The molecule has 0 bridgehead atoms. The van der Waals surface area contributed by atoms with Gasteiger partial charge in [-0.05, 0) is 18.4 Å². The maximum absolute atomic E-state index is 14.0. The molecule has 1 saturated carbocycles. The summed E-state index contributed by atoms with van der Waals surface area (Å²) >= 11 is 6.31. The van der Waals surface area contributed by atoms with Gasteiger partial charge in [0.25, 0.3) is 0 Å². The number of alkyl halides is 1. The fourth-order valence-electron chi connectivity index (χ4n) is 2.26. The zero-order valence-electron chi connectivity index (χ0n) is 10.7. The Morgan fingerprint density at radius 2 is 1.89 bits per heavy atom. The molecule has 2 rings (SSSR count). The SMILES string of the molecule is COc1cc(F)c(C(Cl)CC2CCC2)cc1OC. The van der Waals surface area contributed by atoms with Gasteiger partial charge in [0.1, 0.15) is 5.82 Å². The molecule has 1 aromatic rings. The Balaban J connectivity index is 2.20. The molecule has 0 amide bonds. The summed E-state index contributed by atoms with van der Waals surface area (Å²) in [6, 6.07) is 2.98. The van der Waals surface area contributed by atoms with E-state index < -0.39 is 0 Å². The van der Waals surface area contributed by atoms with Crippen LogP contribution in [0, 0.1) is 11.7 Å². The normalized spacial score (nSPS) is 17.1. The van der Waals surface area contributed by atoms with E-state index in [-0.39, 0.29) is 11.2 Å². The van der Waals surface area contributed by atoms with Crippen LogP contribution in [-0.2, 0) is 0 Å². The maximum atomic E-state index is 14.0. The van der Waals surface area contributed by atoms with Crippen molar-refractivity contribution in [1.82, 2.24) is 0 Å². The molecule has 2 nitrogen and oxygen atoms in total. The first-order valence-electron chi connectivity index (χ1n) is 6.21. The van der Waals surface area contributed by atoms with E-state index in [0.29, 0.717) is 23.0 Å². The van der Waals surface area contributed by atoms with Crippen molar-refractivity contribution in [2.24, 2.45) is 5.92 Å². The third-order valence-corrected chi connectivity index (χ3v) is 4.02. The van der Waals surface area contributed by atoms with Gasteiger partial charge in [-0.1, -0.05) is 19.3 Å². The fourth-order valence-corrected chi connectivity index (χ4v) is 2.68. The first-order valence-corrected chi connectivity index (χ1v) is 6.64. The van der Waals surface area contributed by atoms with Gasteiger partial charge in [0.15, 0.2) is 11.5 Å².